The van der Waals surface area contributed by atoms with Crippen LogP contribution in [0.1, 0.15) is 0 Å². The molecule has 0 atom stereocenters. The zero-order chi connectivity index (χ0) is 13.1. The summed E-state index contributed by atoms with van der Waals surface area (Å²) < 4.78 is 6.15. The highest BCUT2D eigenvalue weighted by Gasteiger charge is 2.12. The molecule has 18 heavy (non-hydrogen) atoms. The van der Waals surface area contributed by atoms with Crippen molar-refractivity contribution in [3.8, 4) is 11.6 Å². The van der Waals surface area contributed by atoms with Gasteiger partial charge in [-0.25, -0.2) is 4.98 Å². The Labute approximate surface area is 116 Å². The maximum absolute atomic E-state index is 10.7. The standard InChI is InChI=1S/C11H6BrClN2O3/c12-8-3-1-2-4-9(8)18-11-6-7(15(16)17)5-10(13)14-11/h1-6H. The van der Waals surface area contributed by atoms with Crippen LogP contribution < -0.4 is 4.74 Å². The van der Waals surface area contributed by atoms with Crippen LogP contribution in [0.3, 0.4) is 0 Å². The van der Waals surface area contributed by atoms with Gasteiger partial charge in [0.15, 0.2) is 0 Å². The molecule has 0 saturated heterocycles. The molecular formula is C11H6BrClN2O3. The Balaban J connectivity index is 2.35. The molecule has 1 aromatic heterocycles. The van der Waals surface area contributed by atoms with Gasteiger partial charge in [0, 0.05) is 0 Å². The smallest absolute Gasteiger partial charge is 0.277 e. The van der Waals surface area contributed by atoms with E-state index in [1.165, 1.54) is 6.07 Å². The van der Waals surface area contributed by atoms with Gasteiger partial charge in [-0.1, -0.05) is 23.7 Å². The van der Waals surface area contributed by atoms with Gasteiger partial charge in [0.1, 0.15) is 10.9 Å². The van der Waals surface area contributed by atoms with Gasteiger partial charge in [-0.2, -0.15) is 0 Å². The highest BCUT2D eigenvalue weighted by atomic mass is 79.9. The maximum Gasteiger partial charge on any atom is 0.277 e. The fraction of sp³-hybridized carbons (Fsp3) is 0. The number of hydrogen-bond donors (Lipinski definition) is 0. The summed E-state index contributed by atoms with van der Waals surface area (Å²) >= 11 is 8.99. The van der Waals surface area contributed by atoms with Gasteiger partial charge in [0.2, 0.25) is 5.88 Å². The van der Waals surface area contributed by atoms with Crippen molar-refractivity contribution in [1.82, 2.24) is 4.98 Å². The summed E-state index contributed by atoms with van der Waals surface area (Å²) in [6.07, 6.45) is 0. The molecule has 0 aliphatic heterocycles. The van der Waals surface area contributed by atoms with Crippen LogP contribution in [0, 0.1) is 10.1 Å². The van der Waals surface area contributed by atoms with Gasteiger partial charge in [-0.15, -0.1) is 0 Å². The monoisotopic (exact) mass is 328 g/mol. The van der Waals surface area contributed by atoms with Crippen molar-refractivity contribution >= 4 is 33.2 Å². The number of ether oxygens (including phenoxy) is 1. The van der Waals surface area contributed by atoms with Crippen molar-refractivity contribution in [2.75, 3.05) is 0 Å². The molecule has 0 unspecified atom stereocenters. The van der Waals surface area contributed by atoms with Gasteiger partial charge in [0.05, 0.1) is 21.5 Å². The van der Waals surface area contributed by atoms with Gasteiger partial charge >= 0.3 is 0 Å². The van der Waals surface area contributed by atoms with Crippen LogP contribution in [0.4, 0.5) is 5.69 Å². The molecule has 5 nitrogen and oxygen atoms in total. The number of nitrogens with zero attached hydrogens (tertiary/aromatic N) is 2. The minimum atomic E-state index is -0.555. The van der Waals surface area contributed by atoms with Crippen LogP contribution in [0.15, 0.2) is 40.9 Å². The summed E-state index contributed by atoms with van der Waals surface area (Å²) in [5.74, 6) is 0.572. The Morgan fingerprint density at radius 3 is 2.72 bits per heavy atom. The second kappa shape index (κ2) is 5.32. The third kappa shape index (κ3) is 2.96. The van der Waals surface area contributed by atoms with Gasteiger partial charge < -0.3 is 4.74 Å². The lowest BCUT2D eigenvalue weighted by Gasteiger charge is -2.06. The Kier molecular flexibility index (Phi) is 3.78. The Morgan fingerprint density at radius 1 is 1.33 bits per heavy atom. The van der Waals surface area contributed by atoms with E-state index in [4.69, 9.17) is 16.3 Å². The lowest BCUT2D eigenvalue weighted by atomic mass is 10.3. The van der Waals surface area contributed by atoms with Crippen LogP contribution in [0.25, 0.3) is 0 Å². The number of halogens is 2. The average molecular weight is 330 g/mol. The molecule has 0 fully saturated rings. The van der Waals surface area contributed by atoms with Gasteiger partial charge in [-0.3, -0.25) is 10.1 Å². The van der Waals surface area contributed by atoms with Crippen LogP contribution >= 0.6 is 27.5 Å². The average Bonchev–Trinajstić information content (AvgIpc) is 2.31. The van der Waals surface area contributed by atoms with Gasteiger partial charge in [-0.05, 0) is 28.1 Å². The Hall–Kier alpha value is -1.66. The second-order valence-electron chi connectivity index (χ2n) is 3.28. The first kappa shape index (κ1) is 12.8. The molecule has 2 aromatic rings. The van der Waals surface area contributed by atoms with E-state index in [9.17, 15) is 10.1 Å². The number of pyridine rings is 1. The first-order valence-corrected chi connectivity index (χ1v) is 5.98. The van der Waals surface area contributed by atoms with Crippen LogP contribution in [0.2, 0.25) is 5.15 Å². The predicted octanol–water partition coefficient (Wildman–Crippen LogP) is 4.20. The lowest BCUT2D eigenvalue weighted by Crippen LogP contribution is -1.93. The molecule has 0 amide bonds. The van der Waals surface area contributed by atoms with E-state index in [1.54, 1.807) is 18.2 Å². The maximum atomic E-state index is 10.7. The quantitative estimate of drug-likeness (QED) is 0.481. The van der Waals surface area contributed by atoms with Crippen molar-refractivity contribution in [2.24, 2.45) is 0 Å². The molecule has 92 valence electrons. The molecule has 1 heterocycles. The summed E-state index contributed by atoms with van der Waals surface area (Å²) in [6, 6.07) is 9.47. The lowest BCUT2D eigenvalue weighted by molar-refractivity contribution is -0.385. The van der Waals surface area contributed by atoms with Crippen molar-refractivity contribution < 1.29 is 9.66 Å². The summed E-state index contributed by atoms with van der Waals surface area (Å²) in [6.45, 7) is 0. The van der Waals surface area contributed by atoms with Crippen LogP contribution in [-0.4, -0.2) is 9.91 Å². The summed E-state index contributed by atoms with van der Waals surface area (Å²) in [5.41, 5.74) is -0.169. The van der Waals surface area contributed by atoms with Crippen LogP contribution in [0.5, 0.6) is 11.6 Å². The SMILES string of the molecule is O=[N+]([O-])c1cc(Cl)nc(Oc2ccccc2Br)c1. The van der Waals surface area contributed by atoms with E-state index in [2.05, 4.69) is 20.9 Å². The number of nitro groups is 1. The first-order chi connectivity index (χ1) is 8.56. The zero-order valence-corrected chi connectivity index (χ0v) is 11.2. The van der Waals surface area contributed by atoms with E-state index in [0.717, 1.165) is 10.5 Å². The van der Waals surface area contributed by atoms with Crippen molar-refractivity contribution in [2.45, 2.75) is 0 Å². The molecule has 0 saturated carbocycles. The summed E-state index contributed by atoms with van der Waals surface area (Å²) in [7, 11) is 0. The predicted molar refractivity (Wildman–Crippen MR) is 70.1 cm³/mol. The second-order valence-corrected chi connectivity index (χ2v) is 4.52. The van der Waals surface area contributed by atoms with E-state index < -0.39 is 4.92 Å². The zero-order valence-electron chi connectivity index (χ0n) is 8.84. The van der Waals surface area contributed by atoms with E-state index in [-0.39, 0.29) is 16.7 Å². The van der Waals surface area contributed by atoms with Crippen molar-refractivity contribution in [3.05, 3.63) is 56.1 Å². The minimum Gasteiger partial charge on any atom is -0.438 e. The van der Waals surface area contributed by atoms with Gasteiger partial charge in [0.25, 0.3) is 5.69 Å². The Bertz CT molecular complexity index is 607. The normalized spacial score (nSPS) is 10.1. The molecular weight excluding hydrogens is 323 g/mol. The fourth-order valence-corrected chi connectivity index (χ4v) is 1.82. The molecule has 2 rings (SSSR count). The number of hydrogen-bond acceptors (Lipinski definition) is 4. The van der Waals surface area contributed by atoms with E-state index in [1.807, 2.05) is 6.07 Å². The highest BCUT2D eigenvalue weighted by molar-refractivity contribution is 9.10. The first-order valence-electron chi connectivity index (χ1n) is 4.80. The summed E-state index contributed by atoms with van der Waals surface area (Å²) in [4.78, 5) is 14.0. The minimum absolute atomic E-state index is 0.00579. The van der Waals surface area contributed by atoms with E-state index in [0.29, 0.717) is 5.75 Å². The molecule has 0 radical (unpaired) electrons. The van der Waals surface area contributed by atoms with Crippen LogP contribution in [-0.2, 0) is 0 Å². The number of rotatable bonds is 3. The van der Waals surface area contributed by atoms with E-state index >= 15 is 0 Å². The molecule has 0 spiro atoms. The molecule has 0 bridgehead atoms. The highest BCUT2D eigenvalue weighted by Crippen LogP contribution is 2.30. The fourth-order valence-electron chi connectivity index (χ4n) is 1.26. The largest absolute Gasteiger partial charge is 0.438 e. The molecule has 0 N–H and O–H groups in total. The third-order valence-corrected chi connectivity index (χ3v) is 2.87. The number of aromatic nitrogens is 1. The Morgan fingerprint density at radius 2 is 2.06 bits per heavy atom. The topological polar surface area (TPSA) is 65.3 Å². The molecule has 1 aromatic carbocycles. The summed E-state index contributed by atoms with van der Waals surface area (Å²) in [5, 5.41) is 10.7. The molecule has 0 aliphatic rings. The van der Waals surface area contributed by atoms with Crippen molar-refractivity contribution in [1.29, 1.82) is 0 Å². The number of para-hydroxylation sites is 1. The molecule has 7 heteroatoms. The molecule has 0 aliphatic carbocycles. The number of benzene rings is 1. The van der Waals surface area contributed by atoms with Crippen molar-refractivity contribution in [3.63, 3.8) is 0 Å². The third-order valence-electron chi connectivity index (χ3n) is 2.02.